The van der Waals surface area contributed by atoms with Gasteiger partial charge in [-0.25, -0.2) is 0 Å². The Balaban J connectivity index is 2.39. The Morgan fingerprint density at radius 3 is 2.69 bits per heavy atom. The first kappa shape index (κ1) is 8.05. The van der Waals surface area contributed by atoms with Gasteiger partial charge in [0.15, 0.2) is 0 Å². The van der Waals surface area contributed by atoms with Crippen LogP contribution in [0.25, 0.3) is 21.5 Å². The summed E-state index contributed by atoms with van der Waals surface area (Å²) in [5.41, 5.74) is 2.34. The Hall–Kier alpha value is -2.15. The highest BCUT2D eigenvalue weighted by molar-refractivity contribution is 6.20. The number of rotatable bonds is 0. The number of nitrogens with zero attached hydrogens (tertiary/aromatic N) is 1. The summed E-state index contributed by atoms with van der Waals surface area (Å²) in [5.74, 6) is 0. The van der Waals surface area contributed by atoms with Crippen LogP contribution in [0.5, 0.6) is 0 Å². The lowest BCUT2D eigenvalue weighted by molar-refractivity contribution is 1.65. The molecule has 0 fully saturated rings. The Morgan fingerprint density at radius 2 is 1.69 bits per heavy atom. The van der Waals surface area contributed by atoms with E-state index in [1.54, 1.807) is 0 Å². The van der Waals surface area contributed by atoms with Crippen LogP contribution in [-0.2, 0) is 0 Å². The van der Waals surface area contributed by atoms with Crippen LogP contribution in [-0.4, -0.2) is 6.21 Å². The zero-order chi connectivity index (χ0) is 10.5. The van der Waals surface area contributed by atoms with Crippen molar-refractivity contribution < 1.29 is 0 Å². The lowest BCUT2D eigenvalue weighted by atomic mass is 9.99. The average Bonchev–Trinajstić information content (AvgIpc) is 2.75. The first-order valence-corrected chi connectivity index (χ1v) is 5.42. The molecule has 0 unspecified atom stereocenters. The van der Waals surface area contributed by atoms with Gasteiger partial charge in [-0.1, -0.05) is 42.5 Å². The van der Waals surface area contributed by atoms with Crippen molar-refractivity contribution in [1.29, 1.82) is 0 Å². The summed E-state index contributed by atoms with van der Waals surface area (Å²) in [5, 5.41) is 5.18. The molecule has 1 aliphatic rings. The van der Waals surface area contributed by atoms with Gasteiger partial charge in [0, 0.05) is 17.2 Å². The molecule has 0 spiro atoms. The van der Waals surface area contributed by atoms with Crippen molar-refractivity contribution in [3.63, 3.8) is 0 Å². The summed E-state index contributed by atoms with van der Waals surface area (Å²) in [7, 11) is 0. The largest absolute Gasteiger partial charge is 0.256 e. The minimum absolute atomic E-state index is 1.10. The van der Waals surface area contributed by atoms with Crippen molar-refractivity contribution >= 4 is 33.4 Å². The molecule has 0 aromatic heterocycles. The third-order valence-electron chi connectivity index (χ3n) is 3.24. The van der Waals surface area contributed by atoms with E-state index in [0.717, 1.165) is 5.69 Å². The van der Waals surface area contributed by atoms with E-state index >= 15 is 0 Å². The predicted octanol–water partition coefficient (Wildman–Crippen LogP) is 4.06. The van der Waals surface area contributed by atoms with Crippen LogP contribution in [0.15, 0.2) is 53.5 Å². The fourth-order valence-electron chi connectivity index (χ4n) is 2.52. The number of hydrogen-bond donors (Lipinski definition) is 0. The van der Waals surface area contributed by atoms with Crippen LogP contribution in [0.1, 0.15) is 5.56 Å². The van der Waals surface area contributed by atoms with Gasteiger partial charge in [0.2, 0.25) is 0 Å². The first-order chi connectivity index (χ1) is 7.93. The standard InChI is InChI=1S/C15H9N/c1-2-6-12-10(4-1)8-14-15-11(9-16-14)5-3-7-13(12)15/h1-9H. The van der Waals surface area contributed by atoms with E-state index in [-0.39, 0.29) is 0 Å². The third kappa shape index (κ3) is 0.878. The molecule has 1 aliphatic heterocycles. The molecule has 4 rings (SSSR count). The Morgan fingerprint density at radius 1 is 0.812 bits per heavy atom. The molecule has 1 nitrogen and oxygen atoms in total. The van der Waals surface area contributed by atoms with Crippen molar-refractivity contribution in [3.8, 4) is 0 Å². The van der Waals surface area contributed by atoms with Gasteiger partial charge in [-0.15, -0.1) is 0 Å². The molecule has 1 heteroatoms. The molecule has 0 atom stereocenters. The summed E-state index contributed by atoms with van der Waals surface area (Å²) in [6.45, 7) is 0. The van der Waals surface area contributed by atoms with Gasteiger partial charge in [0.25, 0.3) is 0 Å². The quantitative estimate of drug-likeness (QED) is 0.382. The Kier molecular flexibility index (Phi) is 1.36. The molecule has 74 valence electrons. The van der Waals surface area contributed by atoms with Crippen LogP contribution >= 0.6 is 0 Å². The Labute approximate surface area is 93.0 Å². The van der Waals surface area contributed by atoms with E-state index in [0.29, 0.717) is 0 Å². The maximum atomic E-state index is 4.47. The number of aliphatic imine (C=N–C) groups is 1. The molecule has 1 heterocycles. The Bertz CT molecular complexity index is 754. The van der Waals surface area contributed by atoms with Crippen molar-refractivity contribution in [2.24, 2.45) is 4.99 Å². The molecule has 0 radical (unpaired) electrons. The zero-order valence-electron chi connectivity index (χ0n) is 8.64. The van der Waals surface area contributed by atoms with Gasteiger partial charge < -0.3 is 0 Å². The minimum Gasteiger partial charge on any atom is -0.256 e. The van der Waals surface area contributed by atoms with Gasteiger partial charge in [-0.2, -0.15) is 0 Å². The number of benzene rings is 3. The normalized spacial score (nSPS) is 12.8. The van der Waals surface area contributed by atoms with Crippen molar-refractivity contribution in [1.82, 2.24) is 0 Å². The van der Waals surface area contributed by atoms with Gasteiger partial charge in [0.1, 0.15) is 0 Å². The van der Waals surface area contributed by atoms with Crippen molar-refractivity contribution in [3.05, 3.63) is 54.1 Å². The highest BCUT2D eigenvalue weighted by Crippen LogP contribution is 2.37. The molecule has 0 amide bonds. The molecule has 0 saturated heterocycles. The van der Waals surface area contributed by atoms with Crippen LogP contribution in [0.3, 0.4) is 0 Å². The van der Waals surface area contributed by atoms with Gasteiger partial charge in [-0.3, -0.25) is 4.99 Å². The number of fused-ring (bicyclic) bond motifs is 2. The van der Waals surface area contributed by atoms with E-state index in [4.69, 9.17) is 0 Å². The zero-order valence-corrected chi connectivity index (χ0v) is 8.64. The van der Waals surface area contributed by atoms with E-state index in [1.165, 1.54) is 27.1 Å². The molecule has 16 heavy (non-hydrogen) atoms. The monoisotopic (exact) mass is 203 g/mol. The molecular weight excluding hydrogens is 194 g/mol. The lowest BCUT2D eigenvalue weighted by Gasteiger charge is -2.05. The summed E-state index contributed by atoms with van der Waals surface area (Å²) >= 11 is 0. The summed E-state index contributed by atoms with van der Waals surface area (Å²) in [4.78, 5) is 4.47. The van der Waals surface area contributed by atoms with Crippen LogP contribution in [0, 0.1) is 0 Å². The molecule has 0 bridgehead atoms. The van der Waals surface area contributed by atoms with E-state index in [2.05, 4.69) is 53.5 Å². The van der Waals surface area contributed by atoms with Crippen LogP contribution < -0.4 is 0 Å². The van der Waals surface area contributed by atoms with Gasteiger partial charge in [0.05, 0.1) is 5.69 Å². The maximum Gasteiger partial charge on any atom is 0.0721 e. The summed E-state index contributed by atoms with van der Waals surface area (Å²) in [6, 6.07) is 17.1. The predicted molar refractivity (Wildman–Crippen MR) is 68.7 cm³/mol. The second-order valence-corrected chi connectivity index (χ2v) is 4.14. The van der Waals surface area contributed by atoms with Gasteiger partial charge in [-0.05, 0) is 22.2 Å². The van der Waals surface area contributed by atoms with Crippen molar-refractivity contribution in [2.45, 2.75) is 0 Å². The second-order valence-electron chi connectivity index (χ2n) is 4.14. The van der Waals surface area contributed by atoms with Crippen LogP contribution in [0.2, 0.25) is 0 Å². The van der Waals surface area contributed by atoms with E-state index < -0.39 is 0 Å². The smallest absolute Gasteiger partial charge is 0.0721 e. The number of hydrogen-bond acceptors (Lipinski definition) is 1. The van der Waals surface area contributed by atoms with E-state index in [9.17, 15) is 0 Å². The molecule has 0 N–H and O–H groups in total. The van der Waals surface area contributed by atoms with Crippen LogP contribution in [0.4, 0.5) is 5.69 Å². The average molecular weight is 203 g/mol. The summed E-state index contributed by atoms with van der Waals surface area (Å²) in [6.07, 6.45) is 1.95. The first-order valence-electron chi connectivity index (χ1n) is 5.42. The minimum atomic E-state index is 1.10. The highest BCUT2D eigenvalue weighted by atomic mass is 14.7. The maximum absolute atomic E-state index is 4.47. The SMILES string of the molecule is C1=Nc2cc3ccccc3c3cccc1c23. The molecule has 0 aliphatic carbocycles. The highest BCUT2D eigenvalue weighted by Gasteiger charge is 2.12. The van der Waals surface area contributed by atoms with Crippen molar-refractivity contribution in [2.75, 3.05) is 0 Å². The fourth-order valence-corrected chi connectivity index (χ4v) is 2.52. The topological polar surface area (TPSA) is 12.4 Å². The second kappa shape index (κ2) is 2.70. The molecule has 3 aromatic carbocycles. The van der Waals surface area contributed by atoms with Gasteiger partial charge >= 0.3 is 0 Å². The molecular formula is C15H9N. The molecule has 0 saturated carbocycles. The third-order valence-corrected chi connectivity index (χ3v) is 3.24. The summed E-state index contributed by atoms with van der Waals surface area (Å²) < 4.78 is 0. The molecule has 3 aromatic rings. The fraction of sp³-hybridized carbons (Fsp3) is 0. The lowest BCUT2D eigenvalue weighted by Crippen LogP contribution is -1.80. The van der Waals surface area contributed by atoms with E-state index in [1.807, 2.05) is 6.21 Å².